The normalized spacial score (nSPS) is 12.2. The second-order valence-electron chi connectivity index (χ2n) is 3.97. The number of carbonyl (C=O) groups is 1. The van der Waals surface area contributed by atoms with Crippen molar-refractivity contribution in [3.63, 3.8) is 0 Å². The highest BCUT2D eigenvalue weighted by Crippen LogP contribution is 2.09. The maximum Gasteiger partial charge on any atom is 0.317 e. The average molecular weight is 257 g/mol. The van der Waals surface area contributed by atoms with Gasteiger partial charge in [-0.05, 0) is 13.3 Å². The predicted molar refractivity (Wildman–Crippen MR) is 68.0 cm³/mol. The van der Waals surface area contributed by atoms with Crippen LogP contribution >= 0.6 is 11.3 Å². The minimum atomic E-state index is -0.517. The molecular formula is C11H19N3O2S. The van der Waals surface area contributed by atoms with E-state index < -0.39 is 6.10 Å². The number of carbonyl (C=O) groups excluding carboxylic acids is 1. The van der Waals surface area contributed by atoms with Crippen LogP contribution in [0.4, 0.5) is 4.79 Å². The maximum absolute atomic E-state index is 11.6. The zero-order valence-corrected chi connectivity index (χ0v) is 11.3. The first-order valence-corrected chi connectivity index (χ1v) is 6.51. The summed E-state index contributed by atoms with van der Waals surface area (Å²) in [6.45, 7) is 4.46. The van der Waals surface area contributed by atoms with E-state index in [9.17, 15) is 4.79 Å². The topological polar surface area (TPSA) is 65.5 Å². The lowest BCUT2D eigenvalue weighted by Gasteiger charge is -2.18. The first-order chi connectivity index (χ1) is 8.02. The molecule has 0 saturated heterocycles. The third-order valence-electron chi connectivity index (χ3n) is 2.21. The highest BCUT2D eigenvalue weighted by atomic mass is 32.1. The standard InChI is InChI=1S/C11H19N3O2S/c1-4-10-13-9(7-17-10)5-12-11(16)14(3)6-8(2)15/h7-8,15H,4-6H2,1-3H3,(H,12,16). The van der Waals surface area contributed by atoms with Gasteiger partial charge in [0.1, 0.15) is 0 Å². The number of nitrogens with one attached hydrogen (secondary N) is 1. The predicted octanol–water partition coefficient (Wildman–Crippen LogP) is 1.23. The quantitative estimate of drug-likeness (QED) is 0.833. The number of aliphatic hydroxyl groups excluding tert-OH is 1. The number of hydrogen-bond donors (Lipinski definition) is 2. The molecule has 0 aliphatic heterocycles. The molecule has 0 spiro atoms. The molecule has 1 unspecified atom stereocenters. The van der Waals surface area contributed by atoms with E-state index >= 15 is 0 Å². The van der Waals surface area contributed by atoms with Crippen molar-refractivity contribution in [2.45, 2.75) is 32.9 Å². The fourth-order valence-electron chi connectivity index (χ4n) is 1.37. The number of nitrogens with zero attached hydrogens (tertiary/aromatic N) is 2. The van der Waals surface area contributed by atoms with Crippen molar-refractivity contribution in [2.24, 2.45) is 0 Å². The van der Waals surface area contributed by atoms with E-state index in [1.54, 1.807) is 25.3 Å². The monoisotopic (exact) mass is 257 g/mol. The van der Waals surface area contributed by atoms with E-state index in [0.29, 0.717) is 13.1 Å². The Morgan fingerprint density at radius 3 is 2.94 bits per heavy atom. The Bertz CT molecular complexity index is 365. The average Bonchev–Trinajstić information content (AvgIpc) is 2.72. The van der Waals surface area contributed by atoms with Gasteiger partial charge in [-0.1, -0.05) is 6.92 Å². The first kappa shape index (κ1) is 13.9. The summed E-state index contributed by atoms with van der Waals surface area (Å²) in [5.41, 5.74) is 0.880. The van der Waals surface area contributed by atoms with Crippen LogP contribution < -0.4 is 5.32 Å². The number of hydrogen-bond acceptors (Lipinski definition) is 4. The molecule has 0 aliphatic rings. The zero-order valence-electron chi connectivity index (χ0n) is 10.4. The summed E-state index contributed by atoms with van der Waals surface area (Å²) in [6.07, 6.45) is 0.400. The molecule has 17 heavy (non-hydrogen) atoms. The molecule has 0 bridgehead atoms. The summed E-state index contributed by atoms with van der Waals surface area (Å²) >= 11 is 1.60. The van der Waals surface area contributed by atoms with Crippen molar-refractivity contribution < 1.29 is 9.90 Å². The SMILES string of the molecule is CCc1nc(CNC(=O)N(C)CC(C)O)cs1. The van der Waals surface area contributed by atoms with E-state index in [1.165, 1.54) is 4.90 Å². The van der Waals surface area contributed by atoms with Gasteiger partial charge in [-0.2, -0.15) is 0 Å². The van der Waals surface area contributed by atoms with Crippen LogP contribution in [-0.4, -0.2) is 40.7 Å². The summed E-state index contributed by atoms with van der Waals surface area (Å²) in [7, 11) is 1.65. The van der Waals surface area contributed by atoms with Gasteiger partial charge >= 0.3 is 6.03 Å². The second-order valence-corrected chi connectivity index (χ2v) is 4.92. The van der Waals surface area contributed by atoms with Crippen molar-refractivity contribution in [1.29, 1.82) is 0 Å². The van der Waals surface area contributed by atoms with Crippen LogP contribution in [0.3, 0.4) is 0 Å². The van der Waals surface area contributed by atoms with Crippen LogP contribution in [-0.2, 0) is 13.0 Å². The highest BCUT2D eigenvalue weighted by Gasteiger charge is 2.10. The molecule has 1 heterocycles. The number of thiazole rings is 1. The second kappa shape index (κ2) is 6.56. The van der Waals surface area contributed by atoms with Crippen molar-refractivity contribution in [1.82, 2.24) is 15.2 Å². The number of urea groups is 1. The lowest BCUT2D eigenvalue weighted by atomic mass is 10.4. The molecule has 0 aromatic carbocycles. The maximum atomic E-state index is 11.6. The molecular weight excluding hydrogens is 238 g/mol. The smallest absolute Gasteiger partial charge is 0.317 e. The van der Waals surface area contributed by atoms with Crippen LogP contribution in [0.15, 0.2) is 5.38 Å². The number of aliphatic hydroxyl groups is 1. The minimum absolute atomic E-state index is 0.197. The van der Waals surface area contributed by atoms with Crippen LogP contribution in [0.2, 0.25) is 0 Å². The fraction of sp³-hybridized carbons (Fsp3) is 0.636. The molecule has 2 amide bonds. The molecule has 0 fully saturated rings. The Morgan fingerprint density at radius 2 is 2.41 bits per heavy atom. The summed E-state index contributed by atoms with van der Waals surface area (Å²) < 4.78 is 0. The number of rotatable bonds is 5. The molecule has 96 valence electrons. The van der Waals surface area contributed by atoms with Crippen LogP contribution in [0, 0.1) is 0 Å². The summed E-state index contributed by atoms with van der Waals surface area (Å²) in [4.78, 5) is 17.4. The fourth-order valence-corrected chi connectivity index (χ4v) is 2.12. The van der Waals surface area contributed by atoms with Crippen LogP contribution in [0.25, 0.3) is 0 Å². The highest BCUT2D eigenvalue weighted by molar-refractivity contribution is 7.09. The molecule has 5 nitrogen and oxygen atoms in total. The third-order valence-corrected chi connectivity index (χ3v) is 3.25. The van der Waals surface area contributed by atoms with Crippen molar-refractivity contribution >= 4 is 17.4 Å². The van der Waals surface area contributed by atoms with E-state index in [-0.39, 0.29) is 6.03 Å². The lowest BCUT2D eigenvalue weighted by molar-refractivity contribution is 0.143. The van der Waals surface area contributed by atoms with Gasteiger partial charge in [-0.3, -0.25) is 0 Å². The molecule has 2 N–H and O–H groups in total. The Kier molecular flexibility index (Phi) is 5.37. The van der Waals surface area contributed by atoms with Gasteiger partial charge in [-0.15, -0.1) is 11.3 Å². The number of likely N-dealkylation sites (N-methyl/N-ethyl adjacent to an activating group) is 1. The van der Waals surface area contributed by atoms with E-state index in [4.69, 9.17) is 5.11 Å². The Labute approximate surface area is 105 Å². The van der Waals surface area contributed by atoms with Crippen molar-refractivity contribution in [2.75, 3.05) is 13.6 Å². The van der Waals surface area contributed by atoms with Gasteiger partial charge in [0.25, 0.3) is 0 Å². The third kappa shape index (κ3) is 4.70. The summed E-state index contributed by atoms with van der Waals surface area (Å²) in [5, 5.41) is 14.9. The minimum Gasteiger partial charge on any atom is -0.392 e. The van der Waals surface area contributed by atoms with E-state index in [1.807, 2.05) is 5.38 Å². The van der Waals surface area contributed by atoms with Crippen molar-refractivity contribution in [3.8, 4) is 0 Å². The Morgan fingerprint density at radius 1 is 1.71 bits per heavy atom. The van der Waals surface area contributed by atoms with Gasteiger partial charge in [0.15, 0.2) is 0 Å². The molecule has 0 radical (unpaired) electrons. The molecule has 6 heteroatoms. The zero-order chi connectivity index (χ0) is 12.8. The molecule has 0 saturated carbocycles. The summed E-state index contributed by atoms with van der Waals surface area (Å²) in [5.74, 6) is 0. The number of aryl methyl sites for hydroxylation is 1. The molecule has 1 aromatic rings. The first-order valence-electron chi connectivity index (χ1n) is 5.63. The molecule has 1 rings (SSSR count). The van der Waals surface area contributed by atoms with E-state index in [0.717, 1.165) is 17.1 Å². The number of aromatic nitrogens is 1. The van der Waals surface area contributed by atoms with Crippen LogP contribution in [0.5, 0.6) is 0 Å². The van der Waals surface area contributed by atoms with Gasteiger partial charge in [0.05, 0.1) is 23.4 Å². The van der Waals surface area contributed by atoms with E-state index in [2.05, 4.69) is 17.2 Å². The molecule has 1 aromatic heterocycles. The Hall–Kier alpha value is -1.14. The van der Waals surface area contributed by atoms with Gasteiger partial charge in [0.2, 0.25) is 0 Å². The molecule has 1 atom stereocenters. The van der Waals surface area contributed by atoms with Gasteiger partial charge in [0, 0.05) is 19.0 Å². The van der Waals surface area contributed by atoms with Crippen LogP contribution in [0.1, 0.15) is 24.5 Å². The largest absolute Gasteiger partial charge is 0.392 e. The van der Waals surface area contributed by atoms with Gasteiger partial charge in [-0.25, -0.2) is 9.78 Å². The molecule has 0 aliphatic carbocycles. The Balaban J connectivity index is 2.37. The van der Waals surface area contributed by atoms with Gasteiger partial charge < -0.3 is 15.3 Å². The number of amides is 2. The summed E-state index contributed by atoms with van der Waals surface area (Å²) in [6, 6.07) is -0.197. The van der Waals surface area contributed by atoms with Crippen molar-refractivity contribution in [3.05, 3.63) is 16.1 Å². The lowest BCUT2D eigenvalue weighted by Crippen LogP contribution is -2.40.